The average Bonchev–Trinajstić information content (AvgIpc) is 2.50. The Morgan fingerprint density at radius 3 is 2.59 bits per heavy atom. The first kappa shape index (κ1) is 15.5. The minimum Gasteiger partial charge on any atom is -0.350 e. The van der Waals surface area contributed by atoms with Crippen molar-refractivity contribution in [2.75, 3.05) is 5.32 Å². The molecular weight excluding hydrogens is 346 g/mol. The Kier molecular flexibility index (Phi) is 4.78. The molecule has 1 aromatic rings. The lowest BCUT2D eigenvalue weighted by molar-refractivity contribution is -0.129. The smallest absolute Gasteiger partial charge is 0.237 e. The van der Waals surface area contributed by atoms with E-state index in [4.69, 9.17) is 0 Å². The van der Waals surface area contributed by atoms with Crippen molar-refractivity contribution < 1.29 is 9.59 Å². The van der Waals surface area contributed by atoms with Crippen LogP contribution in [0.5, 0.6) is 0 Å². The molecule has 1 saturated carbocycles. The van der Waals surface area contributed by atoms with Crippen LogP contribution in [-0.4, -0.2) is 29.9 Å². The summed E-state index contributed by atoms with van der Waals surface area (Å²) < 4.78 is 0.960. The fraction of sp³-hybridized carbons (Fsp3) is 0.500. The summed E-state index contributed by atoms with van der Waals surface area (Å²) >= 11 is 3.36. The summed E-state index contributed by atoms with van der Waals surface area (Å²) in [5, 5.41) is 9.24. The van der Waals surface area contributed by atoms with Crippen molar-refractivity contribution >= 4 is 33.4 Å². The first-order chi connectivity index (χ1) is 10.6. The maximum absolute atomic E-state index is 12.1. The van der Waals surface area contributed by atoms with E-state index in [-0.39, 0.29) is 24.3 Å². The van der Waals surface area contributed by atoms with Gasteiger partial charge in [-0.2, -0.15) is 0 Å². The van der Waals surface area contributed by atoms with Crippen LogP contribution in [0.4, 0.5) is 5.69 Å². The van der Waals surface area contributed by atoms with E-state index in [1.54, 1.807) is 0 Å². The first-order valence-corrected chi connectivity index (χ1v) is 8.53. The molecule has 3 N–H and O–H groups in total. The van der Waals surface area contributed by atoms with Crippen LogP contribution < -0.4 is 16.0 Å². The van der Waals surface area contributed by atoms with Gasteiger partial charge < -0.3 is 16.0 Å². The molecule has 1 heterocycles. The van der Waals surface area contributed by atoms with Crippen LogP contribution in [0.15, 0.2) is 28.7 Å². The van der Waals surface area contributed by atoms with Crippen molar-refractivity contribution in [2.45, 2.75) is 50.2 Å². The molecule has 22 heavy (non-hydrogen) atoms. The van der Waals surface area contributed by atoms with Crippen molar-refractivity contribution in [1.29, 1.82) is 0 Å². The largest absolute Gasteiger partial charge is 0.350 e. The summed E-state index contributed by atoms with van der Waals surface area (Å²) in [5.74, 6) is -0.210. The summed E-state index contributed by atoms with van der Waals surface area (Å²) in [6.07, 6.45) is 4.60. The number of hydrogen-bond donors (Lipinski definition) is 3. The summed E-state index contributed by atoms with van der Waals surface area (Å²) in [7, 11) is 0. The lowest BCUT2D eigenvalue weighted by Crippen LogP contribution is -2.65. The van der Waals surface area contributed by atoms with E-state index in [1.807, 2.05) is 24.3 Å². The number of nitrogens with one attached hydrogen (secondary N) is 3. The molecule has 0 spiro atoms. The monoisotopic (exact) mass is 365 g/mol. The molecule has 3 unspecified atom stereocenters. The molecule has 0 aromatic heterocycles. The molecule has 3 atom stereocenters. The van der Waals surface area contributed by atoms with Crippen LogP contribution in [0.25, 0.3) is 0 Å². The van der Waals surface area contributed by atoms with Crippen LogP contribution in [0.2, 0.25) is 0 Å². The molecular formula is C16H20BrN3O2. The van der Waals surface area contributed by atoms with E-state index in [1.165, 1.54) is 6.42 Å². The van der Waals surface area contributed by atoms with Gasteiger partial charge >= 0.3 is 0 Å². The third-order valence-electron chi connectivity index (χ3n) is 4.34. The van der Waals surface area contributed by atoms with Gasteiger partial charge in [0.1, 0.15) is 0 Å². The van der Waals surface area contributed by atoms with E-state index >= 15 is 0 Å². The molecule has 1 aliphatic carbocycles. The number of carbonyl (C=O) groups excluding carboxylic acids is 2. The van der Waals surface area contributed by atoms with Crippen LogP contribution in [0.1, 0.15) is 32.1 Å². The van der Waals surface area contributed by atoms with Crippen LogP contribution in [0.3, 0.4) is 0 Å². The predicted molar refractivity (Wildman–Crippen MR) is 88.5 cm³/mol. The van der Waals surface area contributed by atoms with Crippen LogP contribution >= 0.6 is 15.9 Å². The fourth-order valence-corrected chi connectivity index (χ4v) is 3.47. The fourth-order valence-electron chi connectivity index (χ4n) is 3.20. The van der Waals surface area contributed by atoms with Crippen molar-refractivity contribution in [3.63, 3.8) is 0 Å². The summed E-state index contributed by atoms with van der Waals surface area (Å²) in [6, 6.07) is 7.49. The molecule has 0 radical (unpaired) electrons. The Morgan fingerprint density at radius 1 is 1.18 bits per heavy atom. The Labute approximate surface area is 138 Å². The standard InChI is InChI=1S/C16H20BrN3O2/c17-10-5-7-11(8-6-10)18-15(21)9-14-16(22)20-13-4-2-1-3-12(13)19-14/h5-8,12-14,19H,1-4,9H2,(H,18,21)(H,20,22). The Hall–Kier alpha value is -1.40. The van der Waals surface area contributed by atoms with E-state index in [2.05, 4.69) is 31.9 Å². The Balaban J connectivity index is 1.56. The van der Waals surface area contributed by atoms with Gasteiger partial charge in [-0.1, -0.05) is 28.8 Å². The minimum absolute atomic E-state index is 0.0610. The highest BCUT2D eigenvalue weighted by atomic mass is 79.9. The van der Waals surface area contributed by atoms with Gasteiger partial charge in [-0.25, -0.2) is 0 Å². The van der Waals surface area contributed by atoms with Gasteiger partial charge in [0, 0.05) is 22.2 Å². The minimum atomic E-state index is -0.435. The maximum Gasteiger partial charge on any atom is 0.237 e. The summed E-state index contributed by atoms with van der Waals surface area (Å²) in [6.45, 7) is 0. The molecule has 2 amide bonds. The molecule has 2 aliphatic rings. The summed E-state index contributed by atoms with van der Waals surface area (Å²) in [4.78, 5) is 24.3. The number of rotatable bonds is 3. The highest BCUT2D eigenvalue weighted by Crippen LogP contribution is 2.22. The van der Waals surface area contributed by atoms with Gasteiger partial charge in [0.05, 0.1) is 12.5 Å². The average molecular weight is 366 g/mol. The van der Waals surface area contributed by atoms with Crippen molar-refractivity contribution in [1.82, 2.24) is 10.6 Å². The van der Waals surface area contributed by atoms with Crippen molar-refractivity contribution in [2.24, 2.45) is 0 Å². The number of halogens is 1. The molecule has 3 rings (SSSR count). The SMILES string of the molecule is O=C(CC1NC2CCCCC2NC1=O)Nc1ccc(Br)cc1. The number of anilines is 1. The second-order valence-electron chi connectivity index (χ2n) is 5.98. The zero-order valence-electron chi connectivity index (χ0n) is 12.3. The molecule has 118 valence electrons. The number of fused-ring (bicyclic) bond motifs is 1. The van der Waals surface area contributed by atoms with Crippen molar-refractivity contribution in [3.8, 4) is 0 Å². The van der Waals surface area contributed by atoms with E-state index in [0.717, 1.165) is 29.4 Å². The second-order valence-corrected chi connectivity index (χ2v) is 6.90. The molecule has 2 fully saturated rings. The van der Waals surface area contributed by atoms with Gasteiger partial charge in [-0.3, -0.25) is 9.59 Å². The lowest BCUT2D eigenvalue weighted by atomic mass is 9.87. The Bertz CT molecular complexity index is 561. The van der Waals surface area contributed by atoms with E-state index in [9.17, 15) is 9.59 Å². The number of benzene rings is 1. The van der Waals surface area contributed by atoms with E-state index in [0.29, 0.717) is 6.04 Å². The van der Waals surface area contributed by atoms with Gasteiger partial charge in [-0.15, -0.1) is 0 Å². The summed E-state index contributed by atoms with van der Waals surface area (Å²) in [5.41, 5.74) is 0.736. The molecule has 5 nitrogen and oxygen atoms in total. The second kappa shape index (κ2) is 6.79. The normalized spacial score (nSPS) is 27.7. The van der Waals surface area contributed by atoms with Crippen LogP contribution in [-0.2, 0) is 9.59 Å². The Morgan fingerprint density at radius 2 is 1.86 bits per heavy atom. The topological polar surface area (TPSA) is 70.2 Å². The quantitative estimate of drug-likeness (QED) is 0.768. The van der Waals surface area contributed by atoms with Gasteiger partial charge in [0.25, 0.3) is 0 Å². The number of hydrogen-bond acceptors (Lipinski definition) is 3. The van der Waals surface area contributed by atoms with Gasteiger partial charge in [-0.05, 0) is 37.1 Å². The third kappa shape index (κ3) is 3.67. The molecule has 6 heteroatoms. The lowest BCUT2D eigenvalue weighted by Gasteiger charge is -2.40. The number of carbonyl (C=O) groups is 2. The highest BCUT2D eigenvalue weighted by Gasteiger charge is 2.36. The molecule has 1 aliphatic heterocycles. The predicted octanol–water partition coefficient (Wildman–Crippen LogP) is 2.18. The van der Waals surface area contributed by atoms with Gasteiger partial charge in [0.2, 0.25) is 11.8 Å². The number of piperazine rings is 1. The molecule has 1 aromatic carbocycles. The van der Waals surface area contributed by atoms with Crippen LogP contribution in [0, 0.1) is 0 Å². The number of amides is 2. The zero-order valence-corrected chi connectivity index (χ0v) is 13.9. The highest BCUT2D eigenvalue weighted by molar-refractivity contribution is 9.10. The zero-order chi connectivity index (χ0) is 15.5. The maximum atomic E-state index is 12.1. The molecule has 1 saturated heterocycles. The third-order valence-corrected chi connectivity index (χ3v) is 4.87. The van der Waals surface area contributed by atoms with Gasteiger partial charge in [0.15, 0.2) is 0 Å². The first-order valence-electron chi connectivity index (χ1n) is 7.73. The molecule has 0 bridgehead atoms. The van der Waals surface area contributed by atoms with Crippen molar-refractivity contribution in [3.05, 3.63) is 28.7 Å². The van der Waals surface area contributed by atoms with E-state index < -0.39 is 6.04 Å².